The minimum absolute atomic E-state index is 0.198. The lowest BCUT2D eigenvalue weighted by Crippen LogP contribution is -2.44. The number of nitrogens with two attached hydrogens (primary N) is 1. The Labute approximate surface area is 121 Å². The maximum atomic E-state index is 12.0. The topological polar surface area (TPSA) is 75.4 Å². The lowest BCUT2D eigenvalue weighted by molar-refractivity contribution is -0.130. The number of amides is 2. The molecular formula is C12H15Cl2N3O2. The van der Waals surface area contributed by atoms with Crippen LogP contribution < -0.4 is 11.1 Å². The lowest BCUT2D eigenvalue weighted by atomic mass is 10.1. The van der Waals surface area contributed by atoms with Crippen molar-refractivity contribution in [3.63, 3.8) is 0 Å². The van der Waals surface area contributed by atoms with Crippen molar-refractivity contribution in [3.8, 4) is 0 Å². The number of carbonyl (C=O) groups is 2. The molecule has 2 amide bonds. The van der Waals surface area contributed by atoms with Gasteiger partial charge in [0, 0.05) is 19.7 Å². The molecule has 1 atom stereocenters. The van der Waals surface area contributed by atoms with Crippen molar-refractivity contribution in [3.05, 3.63) is 27.7 Å². The molecule has 0 radical (unpaired) electrons. The van der Waals surface area contributed by atoms with Crippen LogP contribution >= 0.6 is 23.2 Å². The first-order valence-corrected chi connectivity index (χ1v) is 6.26. The van der Waals surface area contributed by atoms with E-state index in [0.717, 1.165) is 0 Å². The van der Waals surface area contributed by atoms with Gasteiger partial charge in [0.05, 0.1) is 15.7 Å². The molecule has 0 aliphatic rings. The number of rotatable bonds is 3. The van der Waals surface area contributed by atoms with Crippen molar-refractivity contribution in [2.75, 3.05) is 19.8 Å². The van der Waals surface area contributed by atoms with Crippen molar-refractivity contribution in [2.24, 2.45) is 0 Å². The van der Waals surface area contributed by atoms with E-state index in [1.165, 1.54) is 17.0 Å². The summed E-state index contributed by atoms with van der Waals surface area (Å²) in [5.41, 5.74) is 6.06. The molecule has 5 nitrogen and oxygen atoms in total. The largest absolute Gasteiger partial charge is 0.396 e. The van der Waals surface area contributed by atoms with Crippen LogP contribution in [0.25, 0.3) is 0 Å². The number of nitrogens with one attached hydrogen (secondary N) is 1. The summed E-state index contributed by atoms with van der Waals surface area (Å²) in [6, 6.07) is 2.17. The fourth-order valence-electron chi connectivity index (χ4n) is 1.44. The Morgan fingerprint density at radius 2 is 1.74 bits per heavy atom. The van der Waals surface area contributed by atoms with Crippen LogP contribution in [0, 0.1) is 0 Å². The van der Waals surface area contributed by atoms with Gasteiger partial charge in [-0.25, -0.2) is 0 Å². The highest BCUT2D eigenvalue weighted by Crippen LogP contribution is 2.28. The molecule has 0 fully saturated rings. The van der Waals surface area contributed by atoms with Crippen molar-refractivity contribution < 1.29 is 9.59 Å². The first kappa shape index (κ1) is 15.6. The Balaban J connectivity index is 2.88. The predicted molar refractivity (Wildman–Crippen MR) is 76.5 cm³/mol. The molecule has 0 aromatic heterocycles. The summed E-state index contributed by atoms with van der Waals surface area (Å²) in [4.78, 5) is 25.0. The highest BCUT2D eigenvalue weighted by atomic mass is 35.5. The third kappa shape index (κ3) is 3.75. The van der Waals surface area contributed by atoms with Crippen molar-refractivity contribution in [2.45, 2.75) is 13.0 Å². The maximum absolute atomic E-state index is 12.0. The van der Waals surface area contributed by atoms with Gasteiger partial charge in [0.2, 0.25) is 5.91 Å². The summed E-state index contributed by atoms with van der Waals surface area (Å²) in [7, 11) is 3.23. The first-order chi connectivity index (χ1) is 8.73. The second kappa shape index (κ2) is 6.12. The first-order valence-electron chi connectivity index (χ1n) is 5.50. The molecule has 0 bridgehead atoms. The average molecular weight is 304 g/mol. The van der Waals surface area contributed by atoms with Gasteiger partial charge in [-0.15, -0.1) is 0 Å². The van der Waals surface area contributed by atoms with Gasteiger partial charge in [0.25, 0.3) is 5.91 Å². The number of halogens is 2. The molecule has 0 heterocycles. The number of nitrogens with zero attached hydrogens (tertiary/aromatic N) is 1. The molecular weight excluding hydrogens is 289 g/mol. The van der Waals surface area contributed by atoms with Crippen LogP contribution in [0.3, 0.4) is 0 Å². The molecule has 7 heteroatoms. The van der Waals surface area contributed by atoms with Gasteiger partial charge >= 0.3 is 0 Å². The standard InChI is InChI=1S/C12H15Cl2N3O2/c1-6(12(19)17(2)3)16-11(18)7-4-8(13)10(15)9(14)5-7/h4-6H,15H2,1-3H3,(H,16,18). The molecule has 1 aromatic rings. The minimum Gasteiger partial charge on any atom is -0.396 e. The zero-order valence-corrected chi connectivity index (χ0v) is 12.3. The van der Waals surface area contributed by atoms with Crippen LogP contribution in [0.15, 0.2) is 12.1 Å². The highest BCUT2D eigenvalue weighted by molar-refractivity contribution is 6.39. The molecule has 0 spiro atoms. The fraction of sp³-hybridized carbons (Fsp3) is 0.333. The Bertz CT molecular complexity index is 495. The number of likely N-dealkylation sites (N-methyl/N-ethyl adjacent to an activating group) is 1. The molecule has 1 unspecified atom stereocenters. The maximum Gasteiger partial charge on any atom is 0.252 e. The second-order valence-corrected chi connectivity index (χ2v) is 5.10. The van der Waals surface area contributed by atoms with E-state index in [0.29, 0.717) is 0 Å². The molecule has 0 saturated carbocycles. The molecule has 104 valence electrons. The smallest absolute Gasteiger partial charge is 0.252 e. The number of hydrogen-bond donors (Lipinski definition) is 2. The van der Waals surface area contributed by atoms with Gasteiger partial charge in [-0.1, -0.05) is 23.2 Å². The summed E-state index contributed by atoms with van der Waals surface area (Å²) in [6.45, 7) is 1.60. The number of benzene rings is 1. The van der Waals surface area contributed by atoms with Crippen LogP contribution in [0.4, 0.5) is 5.69 Å². The molecule has 0 saturated heterocycles. The highest BCUT2D eigenvalue weighted by Gasteiger charge is 2.19. The van der Waals surface area contributed by atoms with E-state index in [-0.39, 0.29) is 27.2 Å². The molecule has 19 heavy (non-hydrogen) atoms. The van der Waals surface area contributed by atoms with Gasteiger partial charge in [-0.2, -0.15) is 0 Å². The fourth-order valence-corrected chi connectivity index (χ4v) is 1.93. The van der Waals surface area contributed by atoms with E-state index in [2.05, 4.69) is 5.32 Å². The molecule has 3 N–H and O–H groups in total. The van der Waals surface area contributed by atoms with Crippen LogP contribution in [0.2, 0.25) is 10.0 Å². The zero-order valence-electron chi connectivity index (χ0n) is 10.8. The van der Waals surface area contributed by atoms with Gasteiger partial charge in [-0.05, 0) is 19.1 Å². The molecule has 1 aromatic carbocycles. The van der Waals surface area contributed by atoms with E-state index in [1.54, 1.807) is 21.0 Å². The quantitative estimate of drug-likeness (QED) is 0.836. The van der Waals surface area contributed by atoms with E-state index in [4.69, 9.17) is 28.9 Å². The summed E-state index contributed by atoms with van der Waals surface area (Å²) in [5, 5.41) is 2.96. The van der Waals surface area contributed by atoms with Gasteiger partial charge in [0.1, 0.15) is 6.04 Å². The molecule has 0 aliphatic heterocycles. The lowest BCUT2D eigenvalue weighted by Gasteiger charge is -2.18. The van der Waals surface area contributed by atoms with E-state index < -0.39 is 11.9 Å². The summed E-state index contributed by atoms with van der Waals surface area (Å²) in [6.07, 6.45) is 0. The Kier molecular flexibility index (Phi) is 5.03. The summed E-state index contributed by atoms with van der Waals surface area (Å²) >= 11 is 11.7. The second-order valence-electron chi connectivity index (χ2n) is 4.28. The Morgan fingerprint density at radius 3 is 2.16 bits per heavy atom. The van der Waals surface area contributed by atoms with Crippen molar-refractivity contribution >= 4 is 40.7 Å². The third-order valence-electron chi connectivity index (χ3n) is 2.50. The van der Waals surface area contributed by atoms with Crippen LogP contribution in [0.5, 0.6) is 0 Å². The van der Waals surface area contributed by atoms with E-state index in [9.17, 15) is 9.59 Å². The normalized spacial score (nSPS) is 11.8. The average Bonchev–Trinajstić information content (AvgIpc) is 2.33. The minimum atomic E-state index is -0.641. The van der Waals surface area contributed by atoms with Crippen LogP contribution in [0.1, 0.15) is 17.3 Å². The summed E-state index contributed by atoms with van der Waals surface area (Å²) < 4.78 is 0. The van der Waals surface area contributed by atoms with Gasteiger partial charge < -0.3 is 16.0 Å². The molecule has 0 aliphatic carbocycles. The molecule has 1 rings (SSSR count). The number of nitrogen functional groups attached to an aromatic ring is 1. The predicted octanol–water partition coefficient (Wildman–Crippen LogP) is 1.78. The number of carbonyl (C=O) groups excluding carboxylic acids is 2. The number of anilines is 1. The van der Waals surface area contributed by atoms with Crippen LogP contribution in [-0.2, 0) is 4.79 Å². The van der Waals surface area contributed by atoms with E-state index >= 15 is 0 Å². The van der Waals surface area contributed by atoms with Crippen molar-refractivity contribution in [1.82, 2.24) is 10.2 Å². The third-order valence-corrected chi connectivity index (χ3v) is 3.13. The van der Waals surface area contributed by atoms with Crippen LogP contribution in [-0.4, -0.2) is 36.9 Å². The van der Waals surface area contributed by atoms with Gasteiger partial charge in [0.15, 0.2) is 0 Å². The Morgan fingerprint density at radius 1 is 1.26 bits per heavy atom. The Hall–Kier alpha value is -1.46. The zero-order chi connectivity index (χ0) is 14.7. The van der Waals surface area contributed by atoms with Crippen molar-refractivity contribution in [1.29, 1.82) is 0 Å². The van der Waals surface area contributed by atoms with Gasteiger partial charge in [-0.3, -0.25) is 9.59 Å². The van der Waals surface area contributed by atoms with E-state index in [1.807, 2.05) is 0 Å². The summed E-state index contributed by atoms with van der Waals surface area (Å²) in [5.74, 6) is -0.646. The monoisotopic (exact) mass is 303 g/mol. The number of hydrogen-bond acceptors (Lipinski definition) is 3. The SMILES string of the molecule is CC(NC(=O)c1cc(Cl)c(N)c(Cl)c1)C(=O)N(C)C.